The molecular weight excluding hydrogens is 340 g/mol. The van der Waals surface area contributed by atoms with Gasteiger partial charge in [-0.25, -0.2) is 4.98 Å². The van der Waals surface area contributed by atoms with Crippen LogP contribution >= 0.6 is 0 Å². The number of nitrogens with zero attached hydrogens (tertiary/aromatic N) is 3. The van der Waals surface area contributed by atoms with E-state index >= 15 is 0 Å². The van der Waals surface area contributed by atoms with E-state index in [0.717, 1.165) is 49.3 Å². The van der Waals surface area contributed by atoms with E-state index in [4.69, 9.17) is 0 Å². The maximum absolute atomic E-state index is 11.3. The van der Waals surface area contributed by atoms with E-state index in [2.05, 4.69) is 44.1 Å². The van der Waals surface area contributed by atoms with Crippen LogP contribution in [0.3, 0.4) is 0 Å². The number of carboxylic acids is 1. The molecule has 1 aliphatic rings. The third-order valence-corrected chi connectivity index (χ3v) is 5.45. The molecule has 0 amide bonds. The molecule has 0 bridgehead atoms. The van der Waals surface area contributed by atoms with Gasteiger partial charge in [0.25, 0.3) is 0 Å². The van der Waals surface area contributed by atoms with Gasteiger partial charge in [0.2, 0.25) is 0 Å². The molecule has 2 aromatic heterocycles. The second-order valence-electron chi connectivity index (χ2n) is 7.41. The zero-order valence-electron chi connectivity index (χ0n) is 15.2. The lowest BCUT2D eigenvalue weighted by Gasteiger charge is -2.38. The molecule has 0 spiro atoms. The number of H-pyrrole nitrogens is 1. The highest BCUT2D eigenvalue weighted by atomic mass is 16.4. The second kappa shape index (κ2) is 7.88. The summed E-state index contributed by atoms with van der Waals surface area (Å²) >= 11 is 0. The van der Waals surface area contributed by atoms with Crippen molar-refractivity contribution in [3.8, 4) is 0 Å². The van der Waals surface area contributed by atoms with Gasteiger partial charge in [-0.3, -0.25) is 14.7 Å². The van der Waals surface area contributed by atoms with Crippen molar-refractivity contribution in [2.24, 2.45) is 11.8 Å². The van der Waals surface area contributed by atoms with Crippen molar-refractivity contribution in [2.75, 3.05) is 13.1 Å². The van der Waals surface area contributed by atoms with Crippen LogP contribution in [0.25, 0.3) is 11.0 Å². The van der Waals surface area contributed by atoms with E-state index in [-0.39, 0.29) is 18.3 Å². The molecular formula is C21H24N4O2. The van der Waals surface area contributed by atoms with Crippen molar-refractivity contribution in [1.82, 2.24) is 19.9 Å². The molecule has 4 rings (SSSR count). The Morgan fingerprint density at radius 2 is 2.07 bits per heavy atom. The van der Waals surface area contributed by atoms with E-state index < -0.39 is 5.97 Å². The first-order valence-electron chi connectivity index (χ1n) is 9.44. The Hall–Kier alpha value is -2.73. The Balaban J connectivity index is 1.50. The van der Waals surface area contributed by atoms with E-state index in [9.17, 15) is 9.90 Å². The number of nitrogens with one attached hydrogen (secondary N) is 1. The van der Waals surface area contributed by atoms with Gasteiger partial charge >= 0.3 is 5.97 Å². The molecule has 2 N–H and O–H groups in total. The SMILES string of the molecule is O=C(O)CC1CCN(Cc2ccccc2)CC1Cc1nc2ccncc2[nH]1. The Labute approximate surface area is 158 Å². The zero-order chi connectivity index (χ0) is 18.6. The summed E-state index contributed by atoms with van der Waals surface area (Å²) in [5.41, 5.74) is 3.13. The average molecular weight is 364 g/mol. The topological polar surface area (TPSA) is 82.1 Å². The molecule has 1 aromatic carbocycles. The van der Waals surface area contributed by atoms with Gasteiger partial charge in [0.05, 0.1) is 17.2 Å². The summed E-state index contributed by atoms with van der Waals surface area (Å²) in [5.74, 6) is 0.656. The number of carboxylic acid groups (broad SMARTS) is 1. The number of aliphatic carboxylic acids is 1. The first-order valence-corrected chi connectivity index (χ1v) is 9.44. The number of hydrogen-bond donors (Lipinski definition) is 2. The zero-order valence-corrected chi connectivity index (χ0v) is 15.2. The van der Waals surface area contributed by atoms with Gasteiger partial charge in [0.1, 0.15) is 5.82 Å². The highest BCUT2D eigenvalue weighted by Crippen LogP contribution is 2.30. The van der Waals surface area contributed by atoms with Crippen LogP contribution in [0.15, 0.2) is 48.8 Å². The van der Waals surface area contributed by atoms with Crippen LogP contribution in [-0.4, -0.2) is 44.0 Å². The fourth-order valence-electron chi connectivity index (χ4n) is 4.12. The van der Waals surface area contributed by atoms with Gasteiger partial charge in [0, 0.05) is 32.1 Å². The highest BCUT2D eigenvalue weighted by molar-refractivity contribution is 5.73. The molecule has 3 aromatic rings. The molecule has 6 heteroatoms. The minimum Gasteiger partial charge on any atom is -0.481 e. The van der Waals surface area contributed by atoms with Crippen LogP contribution in [0.5, 0.6) is 0 Å². The molecule has 6 nitrogen and oxygen atoms in total. The maximum Gasteiger partial charge on any atom is 0.303 e. The number of imidazole rings is 1. The molecule has 140 valence electrons. The fourth-order valence-corrected chi connectivity index (χ4v) is 4.12. The Bertz CT molecular complexity index is 876. The molecule has 0 radical (unpaired) electrons. The van der Waals surface area contributed by atoms with Crippen LogP contribution in [0, 0.1) is 11.8 Å². The molecule has 2 atom stereocenters. The molecule has 1 fully saturated rings. The van der Waals surface area contributed by atoms with E-state index in [1.54, 1.807) is 12.4 Å². The summed E-state index contributed by atoms with van der Waals surface area (Å²) in [6.45, 7) is 2.73. The minimum atomic E-state index is -0.713. The Kier molecular flexibility index (Phi) is 5.16. The second-order valence-corrected chi connectivity index (χ2v) is 7.41. The van der Waals surface area contributed by atoms with E-state index in [1.165, 1.54) is 5.56 Å². The van der Waals surface area contributed by atoms with Crippen LogP contribution in [0.4, 0.5) is 0 Å². The van der Waals surface area contributed by atoms with E-state index in [0.29, 0.717) is 0 Å². The maximum atomic E-state index is 11.3. The standard InChI is InChI=1S/C21H24N4O2/c26-21(27)11-16-7-9-25(13-15-4-2-1-3-5-15)14-17(16)10-20-23-18-6-8-22-12-19(18)24-20/h1-6,8,12,16-17H,7,9-11,13-14H2,(H,23,24)(H,26,27). The average Bonchev–Trinajstić information content (AvgIpc) is 3.07. The summed E-state index contributed by atoms with van der Waals surface area (Å²) in [5, 5.41) is 9.32. The third kappa shape index (κ3) is 4.34. The van der Waals surface area contributed by atoms with Crippen LogP contribution in [0.1, 0.15) is 24.2 Å². The number of fused-ring (bicyclic) bond motifs is 1. The lowest BCUT2D eigenvalue weighted by molar-refractivity contribution is -0.139. The number of aromatic nitrogens is 3. The van der Waals surface area contributed by atoms with Crippen LogP contribution in [0.2, 0.25) is 0 Å². The van der Waals surface area contributed by atoms with Crippen molar-refractivity contribution in [1.29, 1.82) is 0 Å². The van der Waals surface area contributed by atoms with Crippen molar-refractivity contribution in [2.45, 2.75) is 25.8 Å². The van der Waals surface area contributed by atoms with Gasteiger partial charge in [-0.05, 0) is 36.4 Å². The normalized spacial score (nSPS) is 20.7. The fraction of sp³-hybridized carbons (Fsp3) is 0.381. The highest BCUT2D eigenvalue weighted by Gasteiger charge is 2.31. The summed E-state index contributed by atoms with van der Waals surface area (Å²) in [6, 6.07) is 12.3. The summed E-state index contributed by atoms with van der Waals surface area (Å²) in [7, 11) is 0. The van der Waals surface area contributed by atoms with Crippen LogP contribution in [-0.2, 0) is 17.8 Å². The Morgan fingerprint density at radius 3 is 2.85 bits per heavy atom. The van der Waals surface area contributed by atoms with Gasteiger partial charge in [-0.1, -0.05) is 30.3 Å². The lowest BCUT2D eigenvalue weighted by Crippen LogP contribution is -2.41. The van der Waals surface area contributed by atoms with Crippen molar-refractivity contribution < 1.29 is 9.90 Å². The quantitative estimate of drug-likeness (QED) is 0.702. The number of hydrogen-bond acceptors (Lipinski definition) is 4. The predicted octanol–water partition coefficient (Wildman–Crippen LogP) is 3.11. The number of rotatable bonds is 6. The smallest absolute Gasteiger partial charge is 0.303 e. The molecule has 3 heterocycles. The van der Waals surface area contributed by atoms with Crippen molar-refractivity contribution in [3.05, 3.63) is 60.2 Å². The minimum absolute atomic E-state index is 0.181. The molecule has 2 unspecified atom stereocenters. The first kappa shape index (κ1) is 17.7. The molecule has 1 saturated heterocycles. The third-order valence-electron chi connectivity index (χ3n) is 5.45. The first-order chi connectivity index (χ1) is 13.2. The molecule has 0 aliphatic carbocycles. The van der Waals surface area contributed by atoms with Crippen molar-refractivity contribution >= 4 is 17.0 Å². The Morgan fingerprint density at radius 1 is 1.22 bits per heavy atom. The van der Waals surface area contributed by atoms with Gasteiger partial charge in [-0.2, -0.15) is 0 Å². The van der Waals surface area contributed by atoms with Crippen molar-refractivity contribution in [3.63, 3.8) is 0 Å². The summed E-state index contributed by atoms with van der Waals surface area (Å²) < 4.78 is 0. The van der Waals surface area contributed by atoms with Gasteiger partial charge in [-0.15, -0.1) is 0 Å². The largest absolute Gasteiger partial charge is 0.481 e. The monoisotopic (exact) mass is 364 g/mol. The number of piperidine rings is 1. The van der Waals surface area contributed by atoms with E-state index in [1.807, 2.05) is 12.1 Å². The number of aromatic amines is 1. The molecule has 0 saturated carbocycles. The predicted molar refractivity (Wildman–Crippen MR) is 103 cm³/mol. The number of likely N-dealkylation sites (tertiary alicyclic amines) is 1. The van der Waals surface area contributed by atoms with Gasteiger partial charge in [0.15, 0.2) is 0 Å². The summed E-state index contributed by atoms with van der Waals surface area (Å²) in [4.78, 5) is 25.9. The molecule has 1 aliphatic heterocycles. The molecule has 27 heavy (non-hydrogen) atoms. The van der Waals surface area contributed by atoms with Gasteiger partial charge < -0.3 is 10.1 Å². The lowest BCUT2D eigenvalue weighted by atomic mass is 9.81. The number of benzene rings is 1. The number of carbonyl (C=O) groups is 1. The van der Waals surface area contributed by atoms with Crippen LogP contribution < -0.4 is 0 Å². The summed E-state index contributed by atoms with van der Waals surface area (Å²) in [6.07, 6.45) is 5.42. The number of pyridine rings is 1.